The molecule has 33 heavy (non-hydrogen) atoms. The Morgan fingerprint density at radius 3 is 1.88 bits per heavy atom. The number of nitrogens with zero attached hydrogens (tertiary/aromatic N) is 2. The van der Waals surface area contributed by atoms with Crippen molar-refractivity contribution in [1.82, 2.24) is 4.90 Å². The van der Waals surface area contributed by atoms with Crippen LogP contribution in [0.25, 0.3) is 0 Å². The van der Waals surface area contributed by atoms with Crippen molar-refractivity contribution in [3.05, 3.63) is 107 Å². The third kappa shape index (κ3) is 5.47. The zero-order chi connectivity index (χ0) is 22.4. The van der Waals surface area contributed by atoms with Gasteiger partial charge in [-0.2, -0.15) is 5.26 Å². The molecule has 0 atom stereocenters. The fraction of sp³-hybridized carbons (Fsp3) is 0.345. The molecule has 0 radical (unpaired) electrons. The molecule has 1 aliphatic rings. The molecule has 172 valence electrons. The minimum atomic E-state index is -0.727. The summed E-state index contributed by atoms with van der Waals surface area (Å²) in [7, 11) is 0. The number of likely N-dealkylation sites (tertiary alicyclic amines) is 1. The first kappa shape index (κ1) is 25.0. The average Bonchev–Trinajstić information content (AvgIpc) is 2.85. The van der Waals surface area contributed by atoms with E-state index in [0.29, 0.717) is 0 Å². The number of halogens is 1. The molecule has 1 fully saturated rings. The average molecular weight is 461 g/mol. The largest absolute Gasteiger partial charge is 0.385 e. The van der Waals surface area contributed by atoms with Crippen molar-refractivity contribution in [2.45, 2.75) is 43.6 Å². The van der Waals surface area contributed by atoms with Gasteiger partial charge in [-0.15, -0.1) is 12.4 Å². The summed E-state index contributed by atoms with van der Waals surface area (Å²) in [6, 6.07) is 31.3. The van der Waals surface area contributed by atoms with Crippen molar-refractivity contribution in [3.8, 4) is 6.07 Å². The highest BCUT2D eigenvalue weighted by Crippen LogP contribution is 2.37. The van der Waals surface area contributed by atoms with E-state index in [1.807, 2.05) is 36.4 Å². The molecule has 1 saturated heterocycles. The van der Waals surface area contributed by atoms with Crippen molar-refractivity contribution in [2.75, 3.05) is 19.6 Å². The fourth-order valence-electron chi connectivity index (χ4n) is 4.95. The molecular formula is C29H33ClN2O. The second-order valence-corrected chi connectivity index (χ2v) is 9.09. The lowest BCUT2D eigenvalue weighted by Crippen LogP contribution is -2.43. The van der Waals surface area contributed by atoms with Crippen LogP contribution in [0, 0.1) is 18.3 Å². The topological polar surface area (TPSA) is 47.3 Å². The van der Waals surface area contributed by atoms with Gasteiger partial charge in [-0.05, 0) is 55.8 Å². The number of hydrogen-bond donors (Lipinski definition) is 1. The number of nitriles is 1. The maximum Gasteiger partial charge on any atom is 0.107 e. The summed E-state index contributed by atoms with van der Waals surface area (Å²) in [6.45, 7) is 4.76. The third-order valence-electron chi connectivity index (χ3n) is 7.02. The second kappa shape index (κ2) is 11.0. The first-order valence-electron chi connectivity index (χ1n) is 11.6. The van der Waals surface area contributed by atoms with E-state index in [1.165, 1.54) is 5.56 Å². The van der Waals surface area contributed by atoms with E-state index in [9.17, 15) is 10.4 Å². The Hall–Kier alpha value is -2.64. The molecule has 0 aliphatic carbocycles. The maximum atomic E-state index is 11.2. The Balaban J connectivity index is 0.00000306. The number of piperidine rings is 1. The first-order chi connectivity index (χ1) is 15.6. The smallest absolute Gasteiger partial charge is 0.107 e. The summed E-state index contributed by atoms with van der Waals surface area (Å²) in [6.07, 6.45) is 3.20. The lowest BCUT2D eigenvalue weighted by Gasteiger charge is -2.39. The summed E-state index contributed by atoms with van der Waals surface area (Å²) in [4.78, 5) is 2.43. The third-order valence-corrected chi connectivity index (χ3v) is 7.02. The molecule has 1 aliphatic heterocycles. The molecule has 0 amide bonds. The predicted molar refractivity (Wildman–Crippen MR) is 137 cm³/mol. The summed E-state index contributed by atoms with van der Waals surface area (Å²) in [5, 5.41) is 21.5. The zero-order valence-electron chi connectivity index (χ0n) is 19.3. The molecule has 3 aromatic carbocycles. The van der Waals surface area contributed by atoms with Crippen LogP contribution in [0.5, 0.6) is 0 Å². The first-order valence-corrected chi connectivity index (χ1v) is 11.6. The Morgan fingerprint density at radius 2 is 1.39 bits per heavy atom. The Bertz CT molecular complexity index is 997. The van der Waals surface area contributed by atoms with Gasteiger partial charge in [0, 0.05) is 13.1 Å². The van der Waals surface area contributed by atoms with Gasteiger partial charge in [-0.1, -0.05) is 90.5 Å². The molecule has 0 unspecified atom stereocenters. The summed E-state index contributed by atoms with van der Waals surface area (Å²) in [5.41, 5.74) is 2.99. The number of aliphatic hydroxyl groups is 1. The van der Waals surface area contributed by atoms with Crippen molar-refractivity contribution in [1.29, 1.82) is 5.26 Å². The van der Waals surface area contributed by atoms with E-state index >= 15 is 0 Å². The molecule has 4 heteroatoms. The highest BCUT2D eigenvalue weighted by atomic mass is 35.5. The molecule has 3 nitrogen and oxygen atoms in total. The summed E-state index contributed by atoms with van der Waals surface area (Å²) in [5.74, 6) is 0. The van der Waals surface area contributed by atoms with Crippen LogP contribution in [0.4, 0.5) is 0 Å². The van der Waals surface area contributed by atoms with Crippen molar-refractivity contribution in [2.24, 2.45) is 0 Å². The molecule has 1 heterocycles. The lowest BCUT2D eigenvalue weighted by atomic mass is 9.72. The van der Waals surface area contributed by atoms with Gasteiger partial charge in [0.15, 0.2) is 0 Å². The number of hydrogen-bond acceptors (Lipinski definition) is 3. The van der Waals surface area contributed by atoms with Gasteiger partial charge >= 0.3 is 0 Å². The number of aryl methyl sites for hydroxylation is 1. The lowest BCUT2D eigenvalue weighted by molar-refractivity contribution is -0.0262. The SMILES string of the molecule is Cc1ccc(C2(O)CCN(CCCC(C#N)(c3ccccc3)c3ccccc3)CC2)cc1.Cl. The normalized spacial score (nSPS) is 15.9. The van der Waals surface area contributed by atoms with Gasteiger partial charge in [-0.25, -0.2) is 0 Å². The Labute approximate surface area is 204 Å². The van der Waals surface area contributed by atoms with Crippen LogP contribution in [-0.2, 0) is 11.0 Å². The Morgan fingerprint density at radius 1 is 0.879 bits per heavy atom. The molecule has 0 aromatic heterocycles. The molecule has 1 N–H and O–H groups in total. The zero-order valence-corrected chi connectivity index (χ0v) is 20.1. The van der Waals surface area contributed by atoms with Gasteiger partial charge in [0.1, 0.15) is 5.41 Å². The van der Waals surface area contributed by atoms with Crippen LogP contribution in [0.15, 0.2) is 84.9 Å². The second-order valence-electron chi connectivity index (χ2n) is 9.09. The van der Waals surface area contributed by atoms with Gasteiger partial charge in [-0.3, -0.25) is 0 Å². The molecule has 3 aromatic rings. The van der Waals surface area contributed by atoms with E-state index in [1.54, 1.807) is 0 Å². The van der Waals surface area contributed by atoms with Gasteiger partial charge in [0.2, 0.25) is 0 Å². The molecular weight excluding hydrogens is 428 g/mol. The highest BCUT2D eigenvalue weighted by Gasteiger charge is 2.36. The highest BCUT2D eigenvalue weighted by molar-refractivity contribution is 5.85. The van der Waals surface area contributed by atoms with Crippen LogP contribution in [-0.4, -0.2) is 29.6 Å². The van der Waals surface area contributed by atoms with E-state index in [4.69, 9.17) is 0 Å². The van der Waals surface area contributed by atoms with Crippen molar-refractivity contribution in [3.63, 3.8) is 0 Å². The minimum Gasteiger partial charge on any atom is -0.385 e. The van der Waals surface area contributed by atoms with Crippen LogP contribution in [0.2, 0.25) is 0 Å². The molecule has 0 spiro atoms. The minimum absolute atomic E-state index is 0. The standard InChI is InChI=1S/C29H32N2O.ClH/c1-24-13-15-27(16-14-24)29(32)18-21-31(22-19-29)20-8-17-28(23-30,25-9-4-2-5-10-25)26-11-6-3-7-12-26;/h2-7,9-16,32H,8,17-22H2,1H3;1H. The monoisotopic (exact) mass is 460 g/mol. The van der Waals surface area contributed by atoms with Crippen LogP contribution >= 0.6 is 12.4 Å². The van der Waals surface area contributed by atoms with Crippen LogP contribution < -0.4 is 0 Å². The van der Waals surface area contributed by atoms with Crippen molar-refractivity contribution >= 4 is 12.4 Å². The van der Waals surface area contributed by atoms with E-state index in [2.05, 4.69) is 66.4 Å². The van der Waals surface area contributed by atoms with Gasteiger partial charge in [0.25, 0.3) is 0 Å². The molecule has 0 bridgehead atoms. The molecule has 4 rings (SSSR count). The maximum absolute atomic E-state index is 11.2. The Kier molecular flexibility index (Phi) is 8.32. The van der Waals surface area contributed by atoms with Crippen molar-refractivity contribution < 1.29 is 5.11 Å². The number of rotatable bonds is 7. The molecule has 0 saturated carbocycles. The fourth-order valence-corrected chi connectivity index (χ4v) is 4.95. The predicted octanol–water partition coefficient (Wildman–Crippen LogP) is 5.99. The van der Waals surface area contributed by atoms with Gasteiger partial charge in [0.05, 0.1) is 11.7 Å². The van der Waals surface area contributed by atoms with E-state index < -0.39 is 11.0 Å². The quantitative estimate of drug-likeness (QED) is 0.471. The number of benzene rings is 3. The summed E-state index contributed by atoms with van der Waals surface area (Å²) < 4.78 is 0. The van der Waals surface area contributed by atoms with Crippen LogP contribution in [0.3, 0.4) is 0 Å². The van der Waals surface area contributed by atoms with E-state index in [0.717, 1.165) is 62.0 Å². The van der Waals surface area contributed by atoms with E-state index in [-0.39, 0.29) is 12.4 Å². The van der Waals surface area contributed by atoms with Crippen LogP contribution in [0.1, 0.15) is 47.9 Å². The van der Waals surface area contributed by atoms with Gasteiger partial charge < -0.3 is 10.0 Å². The summed E-state index contributed by atoms with van der Waals surface area (Å²) >= 11 is 0.